The fraction of sp³-hybridized carbons (Fsp3) is 0.138. The molecule has 0 saturated carbocycles. The van der Waals surface area contributed by atoms with Crippen molar-refractivity contribution < 1.29 is 23.4 Å². The second kappa shape index (κ2) is 10.2. The van der Waals surface area contributed by atoms with E-state index in [-0.39, 0.29) is 24.5 Å². The van der Waals surface area contributed by atoms with Crippen LogP contribution < -0.4 is 24.4 Å². The van der Waals surface area contributed by atoms with Crippen molar-refractivity contribution in [1.29, 1.82) is 0 Å². The van der Waals surface area contributed by atoms with E-state index in [1.54, 1.807) is 37.3 Å². The number of esters is 1. The zero-order chi connectivity index (χ0) is 27.1. The number of benzene rings is 3. The monoisotopic (exact) mass is 562 g/mol. The van der Waals surface area contributed by atoms with E-state index in [9.17, 15) is 14.0 Å². The number of hydrogen-bond acceptors (Lipinski definition) is 7. The van der Waals surface area contributed by atoms with Gasteiger partial charge in [-0.15, -0.1) is 0 Å². The van der Waals surface area contributed by atoms with E-state index in [4.69, 9.17) is 30.8 Å². The maximum absolute atomic E-state index is 13.9. The van der Waals surface area contributed by atoms with Crippen molar-refractivity contribution in [2.75, 3.05) is 13.4 Å². The molecular formula is C29H20ClFN2O5S. The molecule has 0 bridgehead atoms. The van der Waals surface area contributed by atoms with Crippen molar-refractivity contribution in [3.63, 3.8) is 0 Å². The molecule has 0 saturated heterocycles. The van der Waals surface area contributed by atoms with E-state index >= 15 is 0 Å². The van der Waals surface area contributed by atoms with Crippen LogP contribution in [0.3, 0.4) is 0 Å². The minimum atomic E-state index is -0.898. The van der Waals surface area contributed by atoms with Crippen LogP contribution in [0.15, 0.2) is 82.1 Å². The highest BCUT2D eigenvalue weighted by molar-refractivity contribution is 7.07. The molecule has 0 amide bonds. The molecule has 7 nitrogen and oxygen atoms in total. The largest absolute Gasteiger partial charge is 0.463 e. The summed E-state index contributed by atoms with van der Waals surface area (Å²) >= 11 is 7.64. The van der Waals surface area contributed by atoms with Crippen LogP contribution in [0.5, 0.6) is 11.5 Å². The van der Waals surface area contributed by atoms with Gasteiger partial charge in [-0.25, -0.2) is 14.2 Å². The Morgan fingerprint density at radius 1 is 1.15 bits per heavy atom. The lowest BCUT2D eigenvalue weighted by atomic mass is 9.93. The van der Waals surface area contributed by atoms with Gasteiger partial charge < -0.3 is 14.2 Å². The molecule has 39 heavy (non-hydrogen) atoms. The topological polar surface area (TPSA) is 79.1 Å². The van der Waals surface area contributed by atoms with Gasteiger partial charge in [0.15, 0.2) is 16.3 Å². The van der Waals surface area contributed by atoms with E-state index in [0.717, 1.165) is 11.3 Å². The molecule has 0 radical (unpaired) electrons. The Balaban J connectivity index is 1.63. The zero-order valence-corrected chi connectivity index (χ0v) is 22.1. The molecule has 3 heterocycles. The Labute approximate surface area is 230 Å². The molecule has 0 unspecified atom stereocenters. The summed E-state index contributed by atoms with van der Waals surface area (Å²) in [5.41, 5.74) is 1.99. The molecular weight excluding hydrogens is 543 g/mol. The van der Waals surface area contributed by atoms with Crippen molar-refractivity contribution >= 4 is 40.7 Å². The van der Waals surface area contributed by atoms with Gasteiger partial charge in [-0.05, 0) is 42.3 Å². The van der Waals surface area contributed by atoms with Crippen LogP contribution >= 0.6 is 22.9 Å². The van der Waals surface area contributed by atoms with Gasteiger partial charge in [-0.3, -0.25) is 9.36 Å². The van der Waals surface area contributed by atoms with E-state index < -0.39 is 17.8 Å². The molecule has 2 aliphatic heterocycles. The number of aromatic nitrogens is 1. The van der Waals surface area contributed by atoms with Crippen LogP contribution in [0.25, 0.3) is 11.8 Å². The van der Waals surface area contributed by atoms with Gasteiger partial charge in [0.2, 0.25) is 6.79 Å². The summed E-state index contributed by atoms with van der Waals surface area (Å²) in [5, 5.41) is 0.386. The van der Waals surface area contributed by atoms with Crippen molar-refractivity contribution in [1.82, 2.24) is 4.57 Å². The SMILES string of the molecule is CCOC(=O)C1=C(c2ccccc2)N=c2sc(=Cc3cc4c(cc3Cl)OCO4)c(=O)n2[C@@H]1c1ccc(F)cc1. The summed E-state index contributed by atoms with van der Waals surface area (Å²) in [6, 6.07) is 17.3. The Morgan fingerprint density at radius 2 is 1.87 bits per heavy atom. The maximum atomic E-state index is 13.9. The maximum Gasteiger partial charge on any atom is 0.338 e. The third-order valence-corrected chi connectivity index (χ3v) is 7.65. The number of nitrogens with zero attached hydrogens (tertiary/aromatic N) is 2. The number of hydrogen-bond donors (Lipinski definition) is 0. The Bertz CT molecular complexity index is 1810. The summed E-state index contributed by atoms with van der Waals surface area (Å²) in [5.74, 6) is 0.0103. The highest BCUT2D eigenvalue weighted by Crippen LogP contribution is 2.37. The molecule has 0 aliphatic carbocycles. The lowest BCUT2D eigenvalue weighted by molar-refractivity contribution is -0.138. The molecule has 10 heteroatoms. The fourth-order valence-electron chi connectivity index (χ4n) is 4.59. The fourth-order valence-corrected chi connectivity index (χ4v) is 5.79. The first kappa shape index (κ1) is 25.1. The number of carbonyl (C=O) groups excluding carboxylic acids is 1. The van der Waals surface area contributed by atoms with Gasteiger partial charge in [-0.2, -0.15) is 0 Å². The molecule has 0 fully saturated rings. The summed E-state index contributed by atoms with van der Waals surface area (Å²) in [6.45, 7) is 1.93. The highest BCUT2D eigenvalue weighted by Gasteiger charge is 2.35. The summed E-state index contributed by atoms with van der Waals surface area (Å²) in [4.78, 5) is 32.5. The van der Waals surface area contributed by atoms with Gasteiger partial charge in [0, 0.05) is 11.6 Å². The van der Waals surface area contributed by atoms with Crippen molar-refractivity contribution in [3.05, 3.63) is 120 Å². The number of thiazole rings is 1. The summed E-state index contributed by atoms with van der Waals surface area (Å²) in [6.07, 6.45) is 1.66. The lowest BCUT2D eigenvalue weighted by Crippen LogP contribution is -2.40. The molecule has 3 aromatic carbocycles. The standard InChI is InChI=1S/C29H20ClFN2O5S/c1-2-36-28(35)24-25(16-6-4-3-5-7-16)32-29-33(26(24)17-8-10-19(31)11-9-17)27(34)23(39-29)13-18-12-21-22(14-20(18)30)38-15-37-21/h3-14,26H,2,15H2,1H3/t26-/m1/s1. The molecule has 1 atom stereocenters. The van der Waals surface area contributed by atoms with Crippen LogP contribution in [-0.2, 0) is 9.53 Å². The van der Waals surface area contributed by atoms with E-state index in [2.05, 4.69) is 0 Å². The number of fused-ring (bicyclic) bond motifs is 2. The first-order chi connectivity index (χ1) is 18.9. The van der Waals surface area contributed by atoms with Gasteiger partial charge in [0.25, 0.3) is 5.56 Å². The summed E-state index contributed by atoms with van der Waals surface area (Å²) < 4.78 is 32.0. The third-order valence-electron chi connectivity index (χ3n) is 6.34. The minimum absolute atomic E-state index is 0.0911. The van der Waals surface area contributed by atoms with E-state index in [0.29, 0.717) is 48.2 Å². The highest BCUT2D eigenvalue weighted by atomic mass is 35.5. The quantitative estimate of drug-likeness (QED) is 0.336. The summed E-state index contributed by atoms with van der Waals surface area (Å²) in [7, 11) is 0. The Morgan fingerprint density at radius 3 is 2.59 bits per heavy atom. The average molecular weight is 563 g/mol. The first-order valence-electron chi connectivity index (χ1n) is 12.1. The number of carbonyl (C=O) groups is 1. The van der Waals surface area contributed by atoms with E-state index in [1.165, 1.54) is 16.7 Å². The second-order valence-electron chi connectivity index (χ2n) is 8.71. The minimum Gasteiger partial charge on any atom is -0.463 e. The molecule has 0 spiro atoms. The number of rotatable bonds is 5. The van der Waals surface area contributed by atoms with Crippen molar-refractivity contribution in [3.8, 4) is 11.5 Å². The Hall–Kier alpha value is -4.21. The Kier molecular flexibility index (Phi) is 6.54. The molecule has 2 aliphatic rings. The van der Waals surface area contributed by atoms with Gasteiger partial charge in [0.05, 0.1) is 33.5 Å². The van der Waals surface area contributed by atoms with Gasteiger partial charge in [-0.1, -0.05) is 65.4 Å². The molecule has 6 rings (SSSR count). The molecule has 0 N–H and O–H groups in total. The molecule has 196 valence electrons. The number of ether oxygens (including phenoxy) is 3. The predicted molar refractivity (Wildman–Crippen MR) is 145 cm³/mol. The van der Waals surface area contributed by atoms with Gasteiger partial charge >= 0.3 is 5.97 Å². The van der Waals surface area contributed by atoms with Crippen LogP contribution in [-0.4, -0.2) is 23.9 Å². The lowest BCUT2D eigenvalue weighted by Gasteiger charge is -2.25. The normalized spacial score (nSPS) is 16.2. The average Bonchev–Trinajstić information content (AvgIpc) is 3.52. The van der Waals surface area contributed by atoms with E-state index in [1.807, 2.05) is 30.3 Å². The zero-order valence-electron chi connectivity index (χ0n) is 20.5. The number of halogens is 2. The van der Waals surface area contributed by atoms with Crippen LogP contribution in [0, 0.1) is 5.82 Å². The predicted octanol–water partition coefficient (Wildman–Crippen LogP) is 4.46. The van der Waals surface area contributed by atoms with Crippen LogP contribution in [0.2, 0.25) is 5.02 Å². The second-order valence-corrected chi connectivity index (χ2v) is 10.1. The van der Waals surface area contributed by atoms with Crippen molar-refractivity contribution in [2.24, 2.45) is 4.99 Å². The first-order valence-corrected chi connectivity index (χ1v) is 13.3. The van der Waals surface area contributed by atoms with Crippen molar-refractivity contribution in [2.45, 2.75) is 13.0 Å². The third kappa shape index (κ3) is 4.53. The molecule has 1 aromatic heterocycles. The molecule has 4 aromatic rings. The van der Waals surface area contributed by atoms with Crippen LogP contribution in [0.4, 0.5) is 4.39 Å². The van der Waals surface area contributed by atoms with Gasteiger partial charge in [0.1, 0.15) is 5.82 Å². The smallest absolute Gasteiger partial charge is 0.338 e. The van der Waals surface area contributed by atoms with Crippen LogP contribution in [0.1, 0.15) is 29.7 Å².